The topological polar surface area (TPSA) is 70.7 Å². The molecule has 2 heterocycles. The number of nitrogens with one attached hydrogen (secondary N) is 2. The number of urea groups is 1. The summed E-state index contributed by atoms with van der Waals surface area (Å²) in [6.45, 7) is 11.2. The predicted octanol–water partition coefficient (Wildman–Crippen LogP) is 3.32. The Morgan fingerprint density at radius 2 is 1.82 bits per heavy atom. The molecule has 154 valence electrons. The average molecular weight is 388 g/mol. The summed E-state index contributed by atoms with van der Waals surface area (Å²) < 4.78 is 5.71. The molecule has 6 nitrogen and oxygen atoms in total. The van der Waals surface area contributed by atoms with Crippen molar-refractivity contribution in [3.8, 4) is 5.75 Å². The number of hydrogen-bond donors (Lipinski definition) is 2. The molecule has 1 spiro atoms. The number of carbonyl (C=O) groups is 2. The third-order valence-corrected chi connectivity index (χ3v) is 6.99. The maximum absolute atomic E-state index is 13.5. The van der Waals surface area contributed by atoms with E-state index in [1.165, 1.54) is 4.90 Å². The average Bonchev–Trinajstić information content (AvgIpc) is 2.91. The van der Waals surface area contributed by atoms with E-state index in [4.69, 9.17) is 4.74 Å². The second-order valence-corrected chi connectivity index (χ2v) is 8.73. The molecule has 2 N–H and O–H groups in total. The van der Waals surface area contributed by atoms with Gasteiger partial charge < -0.3 is 15.4 Å². The van der Waals surface area contributed by atoms with Gasteiger partial charge in [-0.25, -0.2) is 4.79 Å². The van der Waals surface area contributed by atoms with Crippen LogP contribution >= 0.6 is 0 Å². The lowest BCUT2D eigenvalue weighted by molar-refractivity contribution is -0.138. The standard InChI is InChI=1S/C22H33N3O3/c1-6-20(4)15-22(16(3)21(5,7-2)24-20)18(26)25(19(27)23-22)13-14-28-17-11-9-8-10-12-17/h8-12,16,24H,6-7,13-15H2,1-5H3,(H,23,27). The Morgan fingerprint density at radius 3 is 2.43 bits per heavy atom. The molecule has 2 saturated heterocycles. The van der Waals surface area contributed by atoms with Crippen LogP contribution in [-0.4, -0.2) is 46.6 Å². The van der Waals surface area contributed by atoms with Crippen LogP contribution in [0.5, 0.6) is 5.75 Å². The highest BCUT2D eigenvalue weighted by Crippen LogP contribution is 2.46. The second-order valence-electron chi connectivity index (χ2n) is 8.73. The number of para-hydroxylation sites is 1. The Balaban J connectivity index is 1.79. The third-order valence-electron chi connectivity index (χ3n) is 6.99. The fourth-order valence-electron chi connectivity index (χ4n) is 4.79. The lowest BCUT2D eigenvalue weighted by Crippen LogP contribution is -2.74. The summed E-state index contributed by atoms with van der Waals surface area (Å²) >= 11 is 0. The molecule has 4 unspecified atom stereocenters. The van der Waals surface area contributed by atoms with Crippen molar-refractivity contribution in [2.45, 2.75) is 70.5 Å². The van der Waals surface area contributed by atoms with E-state index in [-0.39, 0.29) is 42.1 Å². The van der Waals surface area contributed by atoms with E-state index in [0.29, 0.717) is 6.42 Å². The van der Waals surface area contributed by atoms with Gasteiger partial charge in [0.15, 0.2) is 0 Å². The van der Waals surface area contributed by atoms with Crippen LogP contribution in [0.1, 0.15) is 53.9 Å². The Morgan fingerprint density at radius 1 is 1.14 bits per heavy atom. The number of benzene rings is 1. The van der Waals surface area contributed by atoms with Gasteiger partial charge >= 0.3 is 6.03 Å². The molecule has 0 radical (unpaired) electrons. The van der Waals surface area contributed by atoms with E-state index >= 15 is 0 Å². The molecular formula is C22H33N3O3. The fourth-order valence-corrected chi connectivity index (χ4v) is 4.79. The Bertz CT molecular complexity index is 740. The molecule has 0 aromatic heterocycles. The SMILES string of the molecule is CCC1(C)CC2(NC(=O)N(CCOc3ccccc3)C2=O)C(C)C(C)(CC)N1. The van der Waals surface area contributed by atoms with Crippen LogP contribution in [0, 0.1) is 5.92 Å². The molecule has 4 atom stereocenters. The minimum atomic E-state index is -0.870. The van der Waals surface area contributed by atoms with E-state index in [1.807, 2.05) is 30.3 Å². The largest absolute Gasteiger partial charge is 0.492 e. The number of ether oxygens (including phenoxy) is 1. The maximum Gasteiger partial charge on any atom is 0.325 e. The quantitative estimate of drug-likeness (QED) is 0.735. The smallest absolute Gasteiger partial charge is 0.325 e. The van der Waals surface area contributed by atoms with Crippen molar-refractivity contribution < 1.29 is 14.3 Å². The zero-order chi connectivity index (χ0) is 20.6. The van der Waals surface area contributed by atoms with Crippen molar-refractivity contribution >= 4 is 11.9 Å². The number of nitrogens with zero attached hydrogens (tertiary/aromatic N) is 1. The molecule has 6 heteroatoms. The molecular weight excluding hydrogens is 354 g/mol. The van der Waals surface area contributed by atoms with Crippen molar-refractivity contribution in [3.63, 3.8) is 0 Å². The molecule has 3 rings (SSSR count). The summed E-state index contributed by atoms with van der Waals surface area (Å²) in [6, 6.07) is 9.12. The Hall–Kier alpha value is -2.08. The van der Waals surface area contributed by atoms with E-state index in [0.717, 1.165) is 18.6 Å². The summed E-state index contributed by atoms with van der Waals surface area (Å²) in [4.78, 5) is 27.6. The molecule has 2 aliphatic heterocycles. The Labute approximate surface area is 168 Å². The number of hydrogen-bond acceptors (Lipinski definition) is 4. The van der Waals surface area contributed by atoms with Gasteiger partial charge in [-0.2, -0.15) is 0 Å². The summed E-state index contributed by atoms with van der Waals surface area (Å²) in [5.74, 6) is 0.584. The normalized spacial score (nSPS) is 35.3. The van der Waals surface area contributed by atoms with Crippen LogP contribution < -0.4 is 15.4 Å². The second kappa shape index (κ2) is 7.39. The van der Waals surface area contributed by atoms with Gasteiger partial charge in [0, 0.05) is 17.0 Å². The van der Waals surface area contributed by atoms with Crippen molar-refractivity contribution in [3.05, 3.63) is 30.3 Å². The lowest BCUT2D eigenvalue weighted by atomic mass is 9.61. The number of rotatable bonds is 6. The number of amides is 3. The zero-order valence-corrected chi connectivity index (χ0v) is 17.7. The minimum absolute atomic E-state index is 0.0267. The summed E-state index contributed by atoms with van der Waals surface area (Å²) in [5.41, 5.74) is -1.32. The van der Waals surface area contributed by atoms with Crippen LogP contribution in [-0.2, 0) is 4.79 Å². The van der Waals surface area contributed by atoms with Gasteiger partial charge in [-0.15, -0.1) is 0 Å². The molecule has 0 bridgehead atoms. The highest BCUT2D eigenvalue weighted by atomic mass is 16.5. The molecule has 3 amide bonds. The van der Waals surface area contributed by atoms with Crippen molar-refractivity contribution in [1.29, 1.82) is 0 Å². The van der Waals surface area contributed by atoms with Gasteiger partial charge in [-0.3, -0.25) is 9.69 Å². The van der Waals surface area contributed by atoms with Crippen molar-refractivity contribution in [2.24, 2.45) is 5.92 Å². The summed E-state index contributed by atoms with van der Waals surface area (Å²) in [6.07, 6.45) is 2.36. The first kappa shape index (κ1) is 20.6. The molecule has 0 saturated carbocycles. The van der Waals surface area contributed by atoms with Gasteiger partial charge in [-0.05, 0) is 45.2 Å². The van der Waals surface area contributed by atoms with Gasteiger partial charge in [0.1, 0.15) is 17.9 Å². The van der Waals surface area contributed by atoms with Crippen LogP contribution in [0.15, 0.2) is 30.3 Å². The number of piperidine rings is 1. The highest BCUT2D eigenvalue weighted by Gasteiger charge is 2.63. The highest BCUT2D eigenvalue weighted by molar-refractivity contribution is 6.07. The van der Waals surface area contributed by atoms with Crippen molar-refractivity contribution in [2.75, 3.05) is 13.2 Å². The number of carbonyl (C=O) groups excluding carboxylic acids is 2. The number of imide groups is 1. The van der Waals surface area contributed by atoms with Crippen LogP contribution in [0.4, 0.5) is 4.79 Å². The zero-order valence-electron chi connectivity index (χ0n) is 17.7. The van der Waals surface area contributed by atoms with Gasteiger partial charge in [0.05, 0.1) is 6.54 Å². The lowest BCUT2D eigenvalue weighted by Gasteiger charge is -2.56. The molecule has 2 fully saturated rings. The van der Waals surface area contributed by atoms with E-state index in [2.05, 4.69) is 45.3 Å². The van der Waals surface area contributed by atoms with Gasteiger partial charge in [0.2, 0.25) is 0 Å². The maximum atomic E-state index is 13.5. The van der Waals surface area contributed by atoms with Gasteiger partial charge in [0.25, 0.3) is 5.91 Å². The molecule has 1 aromatic rings. The molecule has 0 aliphatic carbocycles. The summed E-state index contributed by atoms with van der Waals surface area (Å²) in [7, 11) is 0. The summed E-state index contributed by atoms with van der Waals surface area (Å²) in [5, 5.41) is 6.86. The van der Waals surface area contributed by atoms with E-state index in [9.17, 15) is 9.59 Å². The molecule has 2 aliphatic rings. The van der Waals surface area contributed by atoms with Crippen LogP contribution in [0.2, 0.25) is 0 Å². The van der Waals surface area contributed by atoms with Crippen LogP contribution in [0.25, 0.3) is 0 Å². The van der Waals surface area contributed by atoms with E-state index in [1.54, 1.807) is 0 Å². The van der Waals surface area contributed by atoms with Gasteiger partial charge in [-0.1, -0.05) is 39.0 Å². The van der Waals surface area contributed by atoms with Crippen LogP contribution in [0.3, 0.4) is 0 Å². The first-order valence-electron chi connectivity index (χ1n) is 10.3. The first-order valence-corrected chi connectivity index (χ1v) is 10.3. The fraction of sp³-hybridized carbons (Fsp3) is 0.636. The predicted molar refractivity (Wildman–Crippen MR) is 109 cm³/mol. The molecule has 28 heavy (non-hydrogen) atoms. The third kappa shape index (κ3) is 3.39. The Kier molecular flexibility index (Phi) is 5.45. The minimum Gasteiger partial charge on any atom is -0.492 e. The first-order chi connectivity index (χ1) is 13.2. The monoisotopic (exact) mass is 387 g/mol. The van der Waals surface area contributed by atoms with E-state index < -0.39 is 5.54 Å². The van der Waals surface area contributed by atoms with Crippen molar-refractivity contribution in [1.82, 2.24) is 15.5 Å². The molecule has 1 aromatic carbocycles.